The van der Waals surface area contributed by atoms with Crippen LogP contribution in [-0.4, -0.2) is 11.5 Å². The molecular weight excluding hydrogens is 288 g/mol. The van der Waals surface area contributed by atoms with Crippen LogP contribution in [0.1, 0.15) is 0 Å². The molecule has 1 saturated heterocycles. The number of thioether (sulfide) groups is 6. The molecule has 0 spiro atoms. The molecule has 0 saturated carbocycles. The van der Waals surface area contributed by atoms with Crippen LogP contribution in [0.3, 0.4) is 0 Å². The summed E-state index contributed by atoms with van der Waals surface area (Å²) in [6.07, 6.45) is 0. The summed E-state index contributed by atoms with van der Waals surface area (Å²) in [5.74, 6) is 2.57. The lowest BCUT2D eigenvalue weighted by atomic mass is 11.0. The minimum absolute atomic E-state index is 1.29. The molecule has 0 N–H and O–H groups in total. The molecule has 0 nitrogen and oxygen atoms in total. The van der Waals surface area contributed by atoms with Gasteiger partial charge in [0.1, 0.15) is 0 Å². The van der Waals surface area contributed by atoms with Crippen molar-refractivity contribution in [1.29, 1.82) is 0 Å². The van der Waals surface area contributed by atoms with Gasteiger partial charge >= 0.3 is 0 Å². The zero-order chi connectivity index (χ0) is 9.38. The van der Waals surface area contributed by atoms with Crippen molar-refractivity contribution < 1.29 is 0 Å². The van der Waals surface area contributed by atoms with E-state index in [1.807, 2.05) is 70.6 Å². The molecule has 0 amide bonds. The second kappa shape index (κ2) is 4.67. The molecule has 1 fully saturated rings. The summed E-state index contributed by atoms with van der Waals surface area (Å²) in [5, 5.41) is 4.36. The molecule has 3 aliphatic rings. The zero-order valence-corrected chi connectivity index (χ0v) is 11.9. The molecule has 74 valence electrons. The van der Waals surface area contributed by atoms with Gasteiger partial charge in [0, 0.05) is 11.5 Å². The minimum Gasteiger partial charge on any atom is -0.117 e. The van der Waals surface area contributed by atoms with Crippen LogP contribution < -0.4 is 0 Å². The lowest BCUT2D eigenvalue weighted by Crippen LogP contribution is -1.68. The van der Waals surface area contributed by atoms with Gasteiger partial charge in [0.25, 0.3) is 0 Å². The van der Waals surface area contributed by atoms with Gasteiger partial charge in [0.2, 0.25) is 0 Å². The SMILES string of the molecule is C1=CSC2=C(S1)SC(=C1SCCS1)S2. The Labute approximate surface area is 109 Å². The Kier molecular flexibility index (Phi) is 3.49. The first-order valence-corrected chi connectivity index (χ1v) is 9.38. The Morgan fingerprint density at radius 3 is 1.86 bits per heavy atom. The first-order chi connectivity index (χ1) is 6.93. The molecular formula is C8H6S6. The first kappa shape index (κ1) is 10.5. The lowest BCUT2D eigenvalue weighted by Gasteiger charge is -2.02. The highest BCUT2D eigenvalue weighted by molar-refractivity contribution is 8.43. The molecule has 3 rings (SSSR count). The van der Waals surface area contributed by atoms with E-state index in [4.69, 9.17) is 0 Å². The van der Waals surface area contributed by atoms with E-state index in [9.17, 15) is 0 Å². The maximum absolute atomic E-state index is 2.18. The zero-order valence-electron chi connectivity index (χ0n) is 7.02. The van der Waals surface area contributed by atoms with Gasteiger partial charge in [-0.15, -0.1) is 23.5 Å². The fourth-order valence-corrected chi connectivity index (χ4v) is 9.25. The number of hydrogen-bond acceptors (Lipinski definition) is 6. The molecule has 3 aliphatic heterocycles. The molecule has 0 aromatic rings. The molecule has 3 heterocycles. The van der Waals surface area contributed by atoms with Crippen molar-refractivity contribution >= 4 is 70.6 Å². The maximum Gasteiger partial charge on any atom is 0.0710 e. The molecule has 0 aromatic carbocycles. The predicted molar refractivity (Wildman–Crippen MR) is 78.5 cm³/mol. The van der Waals surface area contributed by atoms with Crippen LogP contribution in [0, 0.1) is 0 Å². The average Bonchev–Trinajstić information content (AvgIpc) is 2.86. The highest BCUT2D eigenvalue weighted by Gasteiger charge is 2.27. The van der Waals surface area contributed by atoms with E-state index in [-0.39, 0.29) is 0 Å². The van der Waals surface area contributed by atoms with E-state index >= 15 is 0 Å². The quantitative estimate of drug-likeness (QED) is 0.601. The van der Waals surface area contributed by atoms with Crippen molar-refractivity contribution in [3.63, 3.8) is 0 Å². The van der Waals surface area contributed by atoms with Crippen LogP contribution in [0.2, 0.25) is 0 Å². The van der Waals surface area contributed by atoms with Crippen molar-refractivity contribution in [2.45, 2.75) is 0 Å². The first-order valence-electron chi connectivity index (χ1n) is 4.02. The smallest absolute Gasteiger partial charge is 0.0710 e. The van der Waals surface area contributed by atoms with Gasteiger partial charge in [-0.05, 0) is 10.8 Å². The van der Waals surface area contributed by atoms with Gasteiger partial charge in [-0.25, -0.2) is 0 Å². The van der Waals surface area contributed by atoms with E-state index in [0.717, 1.165) is 0 Å². The van der Waals surface area contributed by atoms with Crippen LogP contribution in [0.25, 0.3) is 0 Å². The fraction of sp³-hybridized carbons (Fsp3) is 0.250. The molecule has 6 heteroatoms. The molecule has 0 atom stereocenters. The predicted octanol–water partition coefficient (Wildman–Crippen LogP) is 5.15. The second-order valence-corrected chi connectivity index (χ2v) is 9.68. The number of rotatable bonds is 0. The van der Waals surface area contributed by atoms with Crippen LogP contribution in [0.4, 0.5) is 0 Å². The molecule has 0 aliphatic carbocycles. The minimum atomic E-state index is 1.29. The van der Waals surface area contributed by atoms with Crippen LogP contribution >= 0.6 is 70.6 Å². The molecule has 0 bridgehead atoms. The Morgan fingerprint density at radius 2 is 1.29 bits per heavy atom. The maximum atomic E-state index is 2.18. The molecule has 0 radical (unpaired) electrons. The largest absolute Gasteiger partial charge is 0.117 e. The van der Waals surface area contributed by atoms with Crippen molar-refractivity contribution in [1.82, 2.24) is 0 Å². The van der Waals surface area contributed by atoms with Gasteiger partial charge in [0.15, 0.2) is 0 Å². The topological polar surface area (TPSA) is 0 Å². The normalized spacial score (nSPS) is 26.3. The Hall–Kier alpha value is 1.32. The Bertz CT molecular complexity index is 323. The molecule has 0 aromatic heterocycles. The third-order valence-electron chi connectivity index (χ3n) is 1.66. The van der Waals surface area contributed by atoms with Gasteiger partial charge in [-0.1, -0.05) is 47.0 Å². The van der Waals surface area contributed by atoms with Crippen LogP contribution in [0.15, 0.2) is 27.8 Å². The fourth-order valence-electron chi connectivity index (χ4n) is 1.11. The van der Waals surface area contributed by atoms with E-state index in [2.05, 4.69) is 10.8 Å². The van der Waals surface area contributed by atoms with Crippen molar-refractivity contribution in [3.05, 3.63) is 27.8 Å². The highest BCUT2D eigenvalue weighted by atomic mass is 32.3. The summed E-state index contributed by atoms with van der Waals surface area (Å²) >= 11 is 11.7. The highest BCUT2D eigenvalue weighted by Crippen LogP contribution is 2.63. The average molecular weight is 295 g/mol. The van der Waals surface area contributed by atoms with E-state index < -0.39 is 0 Å². The molecule has 0 unspecified atom stereocenters. The standard InChI is InChI=1S/C8H6S6/c1-2-10-5(9-1)8-13-6-7(14-8)12-4-3-11-6/h3-4H,1-2H2. The summed E-state index contributed by atoms with van der Waals surface area (Å²) in [7, 11) is 0. The van der Waals surface area contributed by atoms with Crippen LogP contribution in [0.5, 0.6) is 0 Å². The summed E-state index contributed by atoms with van der Waals surface area (Å²) in [4.78, 5) is 0. The number of hydrogen-bond donors (Lipinski definition) is 0. The molecule has 14 heavy (non-hydrogen) atoms. The summed E-state index contributed by atoms with van der Waals surface area (Å²) in [6, 6.07) is 0. The summed E-state index contributed by atoms with van der Waals surface area (Å²) in [5.41, 5.74) is 0. The summed E-state index contributed by atoms with van der Waals surface area (Å²) < 4.78 is 6.04. The van der Waals surface area contributed by atoms with Crippen LogP contribution in [-0.2, 0) is 0 Å². The van der Waals surface area contributed by atoms with Gasteiger partial charge in [-0.2, -0.15) is 0 Å². The van der Waals surface area contributed by atoms with E-state index in [0.29, 0.717) is 0 Å². The van der Waals surface area contributed by atoms with Crippen molar-refractivity contribution in [3.8, 4) is 0 Å². The lowest BCUT2D eigenvalue weighted by molar-refractivity contribution is 1.59. The van der Waals surface area contributed by atoms with Gasteiger partial charge < -0.3 is 0 Å². The van der Waals surface area contributed by atoms with E-state index in [1.165, 1.54) is 24.2 Å². The van der Waals surface area contributed by atoms with Gasteiger partial charge in [-0.3, -0.25) is 0 Å². The Morgan fingerprint density at radius 1 is 0.714 bits per heavy atom. The summed E-state index contributed by atoms with van der Waals surface area (Å²) in [6.45, 7) is 0. The van der Waals surface area contributed by atoms with Crippen molar-refractivity contribution in [2.24, 2.45) is 0 Å². The third kappa shape index (κ3) is 2.06. The van der Waals surface area contributed by atoms with Gasteiger partial charge in [0.05, 0.1) is 16.9 Å². The monoisotopic (exact) mass is 294 g/mol. The third-order valence-corrected chi connectivity index (χ3v) is 10.1. The van der Waals surface area contributed by atoms with E-state index in [1.54, 1.807) is 4.24 Å². The van der Waals surface area contributed by atoms with Crippen molar-refractivity contribution in [2.75, 3.05) is 11.5 Å². The Balaban J connectivity index is 1.81. The second-order valence-electron chi connectivity index (χ2n) is 2.56.